The van der Waals surface area contributed by atoms with Crippen molar-refractivity contribution < 1.29 is 4.79 Å². The van der Waals surface area contributed by atoms with Crippen molar-refractivity contribution in [3.63, 3.8) is 0 Å². The van der Waals surface area contributed by atoms with Crippen molar-refractivity contribution in [3.05, 3.63) is 11.1 Å². The minimum Gasteiger partial charge on any atom is -0.381 e. The summed E-state index contributed by atoms with van der Waals surface area (Å²) in [6.07, 6.45) is 1.76. The number of thioether (sulfide) groups is 1. The molecule has 0 aromatic rings. The van der Waals surface area contributed by atoms with Crippen molar-refractivity contribution in [2.75, 3.05) is 5.88 Å². The predicted molar refractivity (Wildman–Crippen MR) is 34.4 cm³/mol. The van der Waals surface area contributed by atoms with E-state index in [4.69, 9.17) is 0 Å². The number of rotatable bonds is 1. The first-order valence-electron chi connectivity index (χ1n) is 2.38. The maximum absolute atomic E-state index is 10.5. The number of carbonyl (C=O) groups excluding carboxylic acids is 1. The zero-order valence-electron chi connectivity index (χ0n) is 4.60. The first-order chi connectivity index (χ1) is 3.80. The van der Waals surface area contributed by atoms with Crippen molar-refractivity contribution in [2.45, 2.75) is 6.92 Å². The first-order valence-corrected chi connectivity index (χ1v) is 3.36. The summed E-state index contributed by atoms with van der Waals surface area (Å²) in [6, 6.07) is 0. The number of ketones is 1. The summed E-state index contributed by atoms with van der Waals surface area (Å²) in [7, 11) is 0. The van der Waals surface area contributed by atoms with Crippen LogP contribution in [0.4, 0.5) is 0 Å². The quantitative estimate of drug-likeness (QED) is 0.565. The second-order valence-corrected chi connectivity index (χ2v) is 2.57. The molecule has 8 heavy (non-hydrogen) atoms. The maximum Gasteiger partial charge on any atom is 0.167 e. The van der Waals surface area contributed by atoms with Gasteiger partial charge in [0, 0.05) is 6.20 Å². The summed E-state index contributed by atoms with van der Waals surface area (Å²) in [6.45, 7) is 1.58. The molecule has 1 heterocycles. The summed E-state index contributed by atoms with van der Waals surface area (Å²) in [5.74, 6) is 0.995. The van der Waals surface area contributed by atoms with Crippen LogP contribution in [0.5, 0.6) is 0 Å². The third-order valence-electron chi connectivity index (χ3n) is 0.891. The van der Waals surface area contributed by atoms with Crippen LogP contribution in [0.25, 0.3) is 0 Å². The van der Waals surface area contributed by atoms with Crippen LogP contribution in [-0.4, -0.2) is 11.7 Å². The standard InChI is InChI=1S/C5H7NOS/c1-4(7)5-2-6-3-8-5/h2,6H,3H2,1H3. The van der Waals surface area contributed by atoms with Crippen LogP contribution >= 0.6 is 11.8 Å². The summed E-state index contributed by atoms with van der Waals surface area (Å²) in [4.78, 5) is 11.4. The van der Waals surface area contributed by atoms with Gasteiger partial charge in [-0.25, -0.2) is 0 Å². The van der Waals surface area contributed by atoms with E-state index >= 15 is 0 Å². The molecule has 0 amide bonds. The van der Waals surface area contributed by atoms with Crippen LogP contribution in [0, 0.1) is 0 Å². The normalized spacial score (nSPS) is 17.4. The Labute approximate surface area is 52.3 Å². The van der Waals surface area contributed by atoms with Crippen LogP contribution in [0.1, 0.15) is 6.92 Å². The summed E-state index contributed by atoms with van der Waals surface area (Å²) < 4.78 is 0. The molecule has 2 nitrogen and oxygen atoms in total. The zero-order chi connectivity index (χ0) is 5.98. The molecule has 3 heteroatoms. The number of Topliss-reactive ketones (excluding diaryl/α,β-unsaturated/α-hetero) is 1. The SMILES string of the molecule is CC(=O)C1=CNCS1. The molecule has 0 fully saturated rings. The van der Waals surface area contributed by atoms with Gasteiger partial charge in [-0.15, -0.1) is 0 Å². The van der Waals surface area contributed by atoms with Gasteiger partial charge in [0.15, 0.2) is 5.78 Å². The molecule has 0 radical (unpaired) electrons. The molecular formula is C5H7NOS. The van der Waals surface area contributed by atoms with E-state index in [1.54, 1.807) is 24.9 Å². The fourth-order valence-electron chi connectivity index (χ4n) is 0.499. The lowest BCUT2D eigenvalue weighted by molar-refractivity contribution is -0.112. The van der Waals surface area contributed by atoms with E-state index in [2.05, 4.69) is 5.32 Å². The van der Waals surface area contributed by atoms with E-state index in [0.29, 0.717) is 0 Å². The lowest BCUT2D eigenvalue weighted by Gasteiger charge is -1.86. The van der Waals surface area contributed by atoms with Gasteiger partial charge >= 0.3 is 0 Å². The van der Waals surface area contributed by atoms with Crippen LogP contribution < -0.4 is 5.32 Å². The van der Waals surface area contributed by atoms with E-state index in [0.717, 1.165) is 10.8 Å². The Kier molecular flexibility index (Phi) is 1.58. The lowest BCUT2D eigenvalue weighted by Crippen LogP contribution is -1.94. The van der Waals surface area contributed by atoms with Gasteiger partial charge in [0.05, 0.1) is 10.8 Å². The van der Waals surface area contributed by atoms with Gasteiger partial charge in [-0.2, -0.15) is 0 Å². The molecule has 0 aromatic carbocycles. The van der Waals surface area contributed by atoms with Gasteiger partial charge in [0.25, 0.3) is 0 Å². The summed E-state index contributed by atoms with van der Waals surface area (Å²) in [5, 5.41) is 2.93. The number of hydrogen-bond donors (Lipinski definition) is 1. The van der Waals surface area contributed by atoms with Crippen molar-refractivity contribution in [3.8, 4) is 0 Å². The average molecular weight is 129 g/mol. The van der Waals surface area contributed by atoms with Gasteiger partial charge in [-0.05, 0) is 6.92 Å². The highest BCUT2D eigenvalue weighted by atomic mass is 32.2. The molecule has 1 N–H and O–H groups in total. The highest BCUT2D eigenvalue weighted by Crippen LogP contribution is 2.18. The number of carbonyl (C=O) groups is 1. The minimum atomic E-state index is 0.153. The van der Waals surface area contributed by atoms with Crippen molar-refractivity contribution in [2.24, 2.45) is 0 Å². The third-order valence-corrected chi connectivity index (χ3v) is 1.92. The zero-order valence-corrected chi connectivity index (χ0v) is 5.42. The first kappa shape index (κ1) is 5.69. The number of hydrogen-bond acceptors (Lipinski definition) is 3. The highest BCUT2D eigenvalue weighted by molar-refractivity contribution is 8.04. The lowest BCUT2D eigenvalue weighted by atomic mass is 10.4. The van der Waals surface area contributed by atoms with Gasteiger partial charge in [-0.3, -0.25) is 4.79 Å². The molecule has 0 atom stereocenters. The van der Waals surface area contributed by atoms with E-state index in [1.165, 1.54) is 0 Å². The van der Waals surface area contributed by atoms with Crippen LogP contribution in [0.3, 0.4) is 0 Å². The van der Waals surface area contributed by atoms with Crippen LogP contribution in [-0.2, 0) is 4.79 Å². The molecule has 0 aromatic heterocycles. The Morgan fingerprint density at radius 1 is 2.00 bits per heavy atom. The summed E-state index contributed by atoms with van der Waals surface area (Å²) >= 11 is 1.55. The molecule has 1 rings (SSSR count). The molecule has 0 saturated carbocycles. The van der Waals surface area contributed by atoms with Gasteiger partial charge < -0.3 is 5.32 Å². The third kappa shape index (κ3) is 1.04. The molecule has 1 aliphatic rings. The van der Waals surface area contributed by atoms with E-state index in [-0.39, 0.29) is 5.78 Å². The Morgan fingerprint density at radius 2 is 2.75 bits per heavy atom. The Balaban J connectivity index is 2.57. The van der Waals surface area contributed by atoms with Gasteiger partial charge in [0.1, 0.15) is 0 Å². The number of allylic oxidation sites excluding steroid dienone is 1. The molecule has 0 bridgehead atoms. The van der Waals surface area contributed by atoms with Gasteiger partial charge in [-0.1, -0.05) is 11.8 Å². The van der Waals surface area contributed by atoms with Crippen LogP contribution in [0.15, 0.2) is 11.1 Å². The largest absolute Gasteiger partial charge is 0.381 e. The second-order valence-electron chi connectivity index (χ2n) is 1.56. The Bertz CT molecular complexity index is 141. The summed E-state index contributed by atoms with van der Waals surface area (Å²) in [5.41, 5.74) is 0. The molecule has 0 unspecified atom stereocenters. The number of nitrogens with one attached hydrogen (secondary N) is 1. The Hall–Kier alpha value is -0.440. The molecule has 0 spiro atoms. The highest BCUT2D eigenvalue weighted by Gasteiger charge is 2.07. The van der Waals surface area contributed by atoms with E-state index in [1.807, 2.05) is 0 Å². The average Bonchev–Trinajstić information content (AvgIpc) is 2.12. The fourth-order valence-corrected chi connectivity index (χ4v) is 1.19. The molecule has 0 saturated heterocycles. The van der Waals surface area contributed by atoms with Crippen molar-refractivity contribution in [1.82, 2.24) is 5.32 Å². The minimum absolute atomic E-state index is 0.153. The maximum atomic E-state index is 10.5. The van der Waals surface area contributed by atoms with E-state index in [9.17, 15) is 4.79 Å². The molecule has 1 aliphatic heterocycles. The molecule has 0 aliphatic carbocycles. The second kappa shape index (κ2) is 2.22. The van der Waals surface area contributed by atoms with Crippen molar-refractivity contribution >= 4 is 17.5 Å². The molecular weight excluding hydrogens is 122 g/mol. The monoisotopic (exact) mass is 129 g/mol. The topological polar surface area (TPSA) is 29.1 Å². The smallest absolute Gasteiger partial charge is 0.167 e. The van der Waals surface area contributed by atoms with Gasteiger partial charge in [0.2, 0.25) is 0 Å². The van der Waals surface area contributed by atoms with E-state index < -0.39 is 0 Å². The Morgan fingerprint density at radius 3 is 3.00 bits per heavy atom. The predicted octanol–water partition coefficient (Wildman–Crippen LogP) is 0.711. The van der Waals surface area contributed by atoms with Crippen molar-refractivity contribution in [1.29, 1.82) is 0 Å². The van der Waals surface area contributed by atoms with Crippen LogP contribution in [0.2, 0.25) is 0 Å². The molecule has 44 valence electrons. The fraction of sp³-hybridized carbons (Fsp3) is 0.400.